The molecule has 1 rings (SSSR count). The summed E-state index contributed by atoms with van der Waals surface area (Å²) in [5.41, 5.74) is 2.11. The highest BCUT2D eigenvalue weighted by Gasteiger charge is 2.35. The van der Waals surface area contributed by atoms with Crippen LogP contribution in [0.25, 0.3) is 0 Å². The molecule has 4 N–H and O–H groups in total. The van der Waals surface area contributed by atoms with Crippen molar-refractivity contribution >= 4 is 23.4 Å². The number of rotatable bonds is 6. The molecule has 9 heteroatoms. The Morgan fingerprint density at radius 2 is 2.00 bits per heavy atom. The van der Waals surface area contributed by atoms with E-state index >= 15 is 0 Å². The molecule has 0 amide bonds. The molecule has 1 aromatic rings. The minimum Gasteiger partial charge on any atom is -0.366 e. The lowest BCUT2D eigenvalue weighted by Gasteiger charge is -2.17. The summed E-state index contributed by atoms with van der Waals surface area (Å²) in [7, 11) is 0. The summed E-state index contributed by atoms with van der Waals surface area (Å²) >= 11 is 1.60. The Kier molecular flexibility index (Phi) is 5.67. The number of nitrogens with two attached hydrogens (primary N) is 1. The van der Waals surface area contributed by atoms with E-state index in [2.05, 4.69) is 20.7 Å². The zero-order chi connectivity index (χ0) is 14.5. The van der Waals surface area contributed by atoms with Crippen LogP contribution >= 0.6 is 11.8 Å². The second kappa shape index (κ2) is 6.80. The van der Waals surface area contributed by atoms with Gasteiger partial charge in [-0.15, -0.1) is 0 Å². The lowest BCUT2D eigenvalue weighted by Crippen LogP contribution is -2.24. The Balaban J connectivity index is 3.00. The molecule has 19 heavy (non-hydrogen) atoms. The molecule has 0 bridgehead atoms. The average molecular weight is 295 g/mol. The molecule has 1 aromatic heterocycles. The molecule has 0 saturated carbocycles. The summed E-state index contributed by atoms with van der Waals surface area (Å²) in [4.78, 5) is 6.76. The number of anilines is 2. The Bertz CT molecular complexity index is 413. The van der Waals surface area contributed by atoms with Crippen molar-refractivity contribution in [3.05, 3.63) is 11.9 Å². The number of hydrogen-bond donors (Lipinski definition) is 3. The minimum absolute atomic E-state index is 0.0385. The van der Waals surface area contributed by atoms with Crippen LogP contribution in [0.15, 0.2) is 6.07 Å². The first kappa shape index (κ1) is 15.8. The van der Waals surface area contributed by atoms with Gasteiger partial charge in [-0.1, -0.05) is 6.92 Å². The highest BCUT2D eigenvalue weighted by atomic mass is 32.2. The third kappa shape index (κ3) is 4.75. The molecule has 0 aliphatic rings. The summed E-state index contributed by atoms with van der Waals surface area (Å²) in [6.45, 7) is 1.95. The predicted octanol–water partition coefficient (Wildman–Crippen LogP) is 2.33. The van der Waals surface area contributed by atoms with Crippen LogP contribution in [0.2, 0.25) is 0 Å². The van der Waals surface area contributed by atoms with Crippen LogP contribution in [0.5, 0.6) is 0 Å². The first-order valence-electron chi connectivity index (χ1n) is 5.59. The van der Waals surface area contributed by atoms with Gasteiger partial charge >= 0.3 is 6.18 Å². The quantitative estimate of drug-likeness (QED) is 0.552. The monoisotopic (exact) mass is 295 g/mol. The number of aromatic nitrogens is 2. The van der Waals surface area contributed by atoms with Gasteiger partial charge in [-0.3, -0.25) is 0 Å². The predicted molar refractivity (Wildman–Crippen MR) is 70.9 cm³/mol. The average Bonchev–Trinajstić information content (AvgIpc) is 2.36. The van der Waals surface area contributed by atoms with Crippen molar-refractivity contribution in [1.82, 2.24) is 9.97 Å². The van der Waals surface area contributed by atoms with E-state index in [1.54, 1.807) is 11.8 Å². The van der Waals surface area contributed by atoms with Crippen molar-refractivity contribution in [2.45, 2.75) is 25.6 Å². The molecule has 0 aliphatic heterocycles. The van der Waals surface area contributed by atoms with Crippen LogP contribution < -0.4 is 16.6 Å². The number of thioether (sulfide) groups is 1. The molecule has 0 aliphatic carbocycles. The highest BCUT2D eigenvalue weighted by molar-refractivity contribution is 7.98. The van der Waals surface area contributed by atoms with Gasteiger partial charge in [-0.2, -0.15) is 24.9 Å². The standard InChI is InChI=1S/C10H16F3N5S/c1-3-6(5-19-2)15-7-4-8(18-14)17-9(16-7)10(11,12)13/h4,6H,3,5,14H2,1-2H3,(H2,15,16,17,18). The molecule has 108 valence electrons. The van der Waals surface area contributed by atoms with E-state index in [0.29, 0.717) is 0 Å². The molecule has 0 fully saturated rings. The van der Waals surface area contributed by atoms with E-state index in [4.69, 9.17) is 5.84 Å². The molecule has 1 unspecified atom stereocenters. The fourth-order valence-corrected chi connectivity index (χ4v) is 2.12. The van der Waals surface area contributed by atoms with Gasteiger partial charge in [0, 0.05) is 17.9 Å². The van der Waals surface area contributed by atoms with E-state index in [1.807, 2.05) is 13.2 Å². The van der Waals surface area contributed by atoms with Crippen molar-refractivity contribution in [1.29, 1.82) is 0 Å². The van der Waals surface area contributed by atoms with Crippen LogP contribution in [-0.4, -0.2) is 28.0 Å². The smallest absolute Gasteiger partial charge is 0.366 e. The molecule has 5 nitrogen and oxygen atoms in total. The van der Waals surface area contributed by atoms with Crippen molar-refractivity contribution in [3.8, 4) is 0 Å². The van der Waals surface area contributed by atoms with Gasteiger partial charge < -0.3 is 10.7 Å². The SMILES string of the molecule is CCC(CSC)Nc1cc(NN)nc(C(F)(F)F)n1. The summed E-state index contributed by atoms with van der Waals surface area (Å²) in [5.74, 6) is 4.69. The number of hydrogen-bond acceptors (Lipinski definition) is 6. The Morgan fingerprint density at radius 3 is 2.47 bits per heavy atom. The molecule has 1 atom stereocenters. The van der Waals surface area contributed by atoms with Crippen LogP contribution in [0.1, 0.15) is 19.2 Å². The molecular weight excluding hydrogens is 279 g/mol. The first-order chi connectivity index (χ1) is 8.90. The molecule has 0 spiro atoms. The second-order valence-electron chi connectivity index (χ2n) is 3.81. The lowest BCUT2D eigenvalue weighted by molar-refractivity contribution is -0.144. The number of nitrogen functional groups attached to an aromatic ring is 1. The van der Waals surface area contributed by atoms with Gasteiger partial charge in [0.2, 0.25) is 5.82 Å². The summed E-state index contributed by atoms with van der Waals surface area (Å²) < 4.78 is 37.9. The van der Waals surface area contributed by atoms with E-state index in [0.717, 1.165) is 12.2 Å². The zero-order valence-electron chi connectivity index (χ0n) is 10.6. The Labute approximate surface area is 113 Å². The highest BCUT2D eigenvalue weighted by Crippen LogP contribution is 2.28. The third-order valence-electron chi connectivity index (χ3n) is 2.34. The lowest BCUT2D eigenvalue weighted by atomic mass is 10.2. The van der Waals surface area contributed by atoms with Crippen molar-refractivity contribution in [2.24, 2.45) is 5.84 Å². The van der Waals surface area contributed by atoms with Gasteiger partial charge in [0.25, 0.3) is 0 Å². The van der Waals surface area contributed by atoms with Gasteiger partial charge in [-0.05, 0) is 12.7 Å². The maximum atomic E-state index is 12.6. The summed E-state index contributed by atoms with van der Waals surface area (Å²) in [5, 5.41) is 2.95. The van der Waals surface area contributed by atoms with Crippen LogP contribution in [0.4, 0.5) is 24.8 Å². The summed E-state index contributed by atoms with van der Waals surface area (Å²) in [6, 6.07) is 1.38. The number of hydrazine groups is 1. The second-order valence-corrected chi connectivity index (χ2v) is 4.72. The third-order valence-corrected chi connectivity index (χ3v) is 3.08. The molecule has 0 saturated heterocycles. The van der Waals surface area contributed by atoms with Gasteiger partial charge in [0.15, 0.2) is 0 Å². The van der Waals surface area contributed by atoms with E-state index in [1.165, 1.54) is 6.07 Å². The van der Waals surface area contributed by atoms with Gasteiger partial charge in [-0.25, -0.2) is 15.8 Å². The zero-order valence-corrected chi connectivity index (χ0v) is 11.4. The Morgan fingerprint density at radius 1 is 1.37 bits per heavy atom. The normalized spacial score (nSPS) is 13.2. The van der Waals surface area contributed by atoms with E-state index in [-0.39, 0.29) is 17.7 Å². The maximum Gasteiger partial charge on any atom is 0.451 e. The van der Waals surface area contributed by atoms with E-state index in [9.17, 15) is 13.2 Å². The fourth-order valence-electron chi connectivity index (χ4n) is 1.39. The molecule has 0 aromatic carbocycles. The van der Waals surface area contributed by atoms with Crippen LogP contribution in [-0.2, 0) is 6.18 Å². The van der Waals surface area contributed by atoms with Crippen molar-refractivity contribution in [2.75, 3.05) is 22.8 Å². The van der Waals surface area contributed by atoms with Gasteiger partial charge in [0.1, 0.15) is 11.6 Å². The van der Waals surface area contributed by atoms with Crippen LogP contribution in [0, 0.1) is 0 Å². The van der Waals surface area contributed by atoms with Crippen molar-refractivity contribution < 1.29 is 13.2 Å². The topological polar surface area (TPSA) is 75.9 Å². The minimum atomic E-state index is -4.61. The number of nitrogens with one attached hydrogen (secondary N) is 2. The maximum absolute atomic E-state index is 12.6. The van der Waals surface area contributed by atoms with E-state index < -0.39 is 12.0 Å². The fraction of sp³-hybridized carbons (Fsp3) is 0.600. The number of halogens is 3. The number of alkyl halides is 3. The Hall–Kier alpha value is -1.22. The molecule has 0 radical (unpaired) electrons. The van der Waals surface area contributed by atoms with Crippen LogP contribution in [0.3, 0.4) is 0 Å². The first-order valence-corrected chi connectivity index (χ1v) is 6.98. The number of nitrogens with zero attached hydrogens (tertiary/aromatic N) is 2. The largest absolute Gasteiger partial charge is 0.451 e. The summed E-state index contributed by atoms with van der Waals surface area (Å²) in [6.07, 6.45) is -1.90. The molecule has 1 heterocycles. The molecular formula is C10H16F3N5S. The van der Waals surface area contributed by atoms with Gasteiger partial charge in [0.05, 0.1) is 0 Å². The van der Waals surface area contributed by atoms with Crippen molar-refractivity contribution in [3.63, 3.8) is 0 Å².